The summed E-state index contributed by atoms with van der Waals surface area (Å²) >= 11 is 0. The van der Waals surface area contributed by atoms with Gasteiger partial charge in [0.15, 0.2) is 0 Å². The highest BCUT2D eigenvalue weighted by molar-refractivity contribution is 5.74. The first-order valence-corrected chi connectivity index (χ1v) is 10.8. The lowest BCUT2D eigenvalue weighted by molar-refractivity contribution is 0.416. The number of ether oxygens (including phenoxy) is 2. The second-order valence-electron chi connectivity index (χ2n) is 8.06. The van der Waals surface area contributed by atoms with Crippen molar-refractivity contribution in [2.75, 3.05) is 37.2 Å². The Hall–Kier alpha value is -4.32. The van der Waals surface area contributed by atoms with Gasteiger partial charge in [0.25, 0.3) is 0 Å². The summed E-state index contributed by atoms with van der Waals surface area (Å²) in [5, 5.41) is 0. The number of anilines is 4. The van der Waals surface area contributed by atoms with E-state index in [9.17, 15) is 0 Å². The van der Waals surface area contributed by atoms with Crippen molar-refractivity contribution in [3.05, 3.63) is 83.9 Å². The molecule has 0 aliphatic rings. The highest BCUT2D eigenvalue weighted by Gasteiger charge is 2.06. The van der Waals surface area contributed by atoms with Crippen LogP contribution in [0.15, 0.2) is 72.8 Å². The molecule has 0 unspecified atom stereocenters. The van der Waals surface area contributed by atoms with E-state index in [1.54, 1.807) is 14.2 Å². The smallest absolute Gasteiger partial charge is 0.142 e. The number of rotatable bonds is 4. The molecule has 0 radical (unpaired) electrons. The van der Waals surface area contributed by atoms with Gasteiger partial charge >= 0.3 is 0 Å². The zero-order valence-corrected chi connectivity index (χ0v) is 20.1. The van der Waals surface area contributed by atoms with Gasteiger partial charge in [-0.1, -0.05) is 30.3 Å². The minimum Gasteiger partial charge on any atom is -0.495 e. The maximum absolute atomic E-state index is 5.90. The Bertz CT molecular complexity index is 1200. The molecule has 0 saturated carbocycles. The molecule has 6 nitrogen and oxygen atoms in total. The van der Waals surface area contributed by atoms with Gasteiger partial charge in [-0.15, -0.1) is 0 Å². The standard InChI is InChI=1S/C14H16N2O2.C14H16N2/c1-17-13-7-9(3-5-11(13)15)10-4-6-12(16)14(8-10)18-2;1-9-3-4-12(8-14(9)16)11-5-6-13(15)10(2)7-11/h3-8H,15-16H2,1-2H3;3-8H,15-16H2,1-2H3. The average Bonchev–Trinajstić information content (AvgIpc) is 2.84. The van der Waals surface area contributed by atoms with Crippen molar-refractivity contribution in [1.29, 1.82) is 0 Å². The van der Waals surface area contributed by atoms with E-state index in [0.717, 1.165) is 44.8 Å². The quantitative estimate of drug-likeness (QED) is 0.293. The number of nitrogen functional groups attached to an aromatic ring is 4. The zero-order chi connectivity index (χ0) is 24.8. The van der Waals surface area contributed by atoms with Crippen LogP contribution in [-0.4, -0.2) is 14.2 Å². The first-order valence-electron chi connectivity index (χ1n) is 10.8. The Morgan fingerprint density at radius 2 is 0.853 bits per heavy atom. The molecule has 4 aromatic carbocycles. The fourth-order valence-electron chi connectivity index (χ4n) is 3.46. The second-order valence-corrected chi connectivity index (χ2v) is 8.06. The molecule has 6 heteroatoms. The summed E-state index contributed by atoms with van der Waals surface area (Å²) in [6, 6.07) is 23.4. The maximum atomic E-state index is 5.90. The summed E-state index contributed by atoms with van der Waals surface area (Å²) < 4.78 is 10.4. The van der Waals surface area contributed by atoms with E-state index in [4.69, 9.17) is 32.4 Å². The van der Waals surface area contributed by atoms with Gasteiger partial charge in [-0.3, -0.25) is 0 Å². The number of benzene rings is 4. The largest absolute Gasteiger partial charge is 0.495 e. The predicted molar refractivity (Wildman–Crippen MR) is 144 cm³/mol. The van der Waals surface area contributed by atoms with E-state index in [1.807, 2.05) is 74.5 Å². The highest BCUT2D eigenvalue weighted by Crippen LogP contribution is 2.32. The molecule has 0 amide bonds. The third kappa shape index (κ3) is 5.53. The number of nitrogens with two attached hydrogens (primary N) is 4. The predicted octanol–water partition coefficient (Wildman–Crippen LogP) is 5.67. The Labute approximate surface area is 201 Å². The number of aryl methyl sites for hydroxylation is 2. The van der Waals surface area contributed by atoms with Crippen LogP contribution in [0.4, 0.5) is 22.7 Å². The lowest BCUT2D eigenvalue weighted by Gasteiger charge is -2.10. The summed E-state index contributed by atoms with van der Waals surface area (Å²) in [6.07, 6.45) is 0. The number of hydrogen-bond acceptors (Lipinski definition) is 6. The minimum atomic E-state index is 0.615. The van der Waals surface area contributed by atoms with Gasteiger partial charge in [0.1, 0.15) is 11.5 Å². The monoisotopic (exact) mass is 456 g/mol. The lowest BCUT2D eigenvalue weighted by Crippen LogP contribution is -1.94. The van der Waals surface area contributed by atoms with Gasteiger partial charge in [-0.05, 0) is 89.7 Å². The van der Waals surface area contributed by atoms with Crippen molar-refractivity contribution in [2.45, 2.75) is 13.8 Å². The summed E-state index contributed by atoms with van der Waals surface area (Å²) in [5.74, 6) is 1.31. The van der Waals surface area contributed by atoms with E-state index in [1.165, 1.54) is 0 Å². The Morgan fingerprint density at radius 1 is 0.441 bits per heavy atom. The molecule has 0 aliphatic heterocycles. The van der Waals surface area contributed by atoms with Crippen LogP contribution in [0.2, 0.25) is 0 Å². The first-order chi connectivity index (χ1) is 16.2. The lowest BCUT2D eigenvalue weighted by atomic mass is 10.0. The molecule has 176 valence electrons. The van der Waals surface area contributed by atoms with Crippen LogP contribution in [-0.2, 0) is 0 Å². The molecule has 0 atom stereocenters. The Morgan fingerprint density at radius 3 is 1.29 bits per heavy atom. The fourth-order valence-corrected chi connectivity index (χ4v) is 3.46. The fraction of sp³-hybridized carbons (Fsp3) is 0.143. The molecule has 34 heavy (non-hydrogen) atoms. The summed E-state index contributed by atoms with van der Waals surface area (Å²) in [7, 11) is 3.19. The molecule has 0 aliphatic carbocycles. The van der Waals surface area contributed by atoms with Crippen LogP contribution in [0, 0.1) is 13.8 Å². The van der Waals surface area contributed by atoms with Crippen molar-refractivity contribution in [3.63, 3.8) is 0 Å². The zero-order valence-electron chi connectivity index (χ0n) is 20.1. The number of methoxy groups -OCH3 is 2. The first kappa shape index (κ1) is 24.3. The highest BCUT2D eigenvalue weighted by atomic mass is 16.5. The van der Waals surface area contributed by atoms with Crippen LogP contribution in [0.25, 0.3) is 22.3 Å². The van der Waals surface area contributed by atoms with Crippen molar-refractivity contribution in [1.82, 2.24) is 0 Å². The SMILES string of the molecule is COc1cc(-c2ccc(N)c(OC)c2)ccc1N.Cc1cc(-c2ccc(C)c(N)c2)ccc1N. The van der Waals surface area contributed by atoms with Crippen LogP contribution >= 0.6 is 0 Å². The topological polar surface area (TPSA) is 123 Å². The van der Waals surface area contributed by atoms with E-state index in [2.05, 4.69) is 12.1 Å². The molecule has 4 aromatic rings. The molecule has 8 N–H and O–H groups in total. The molecule has 4 rings (SSSR count). The van der Waals surface area contributed by atoms with E-state index in [-0.39, 0.29) is 0 Å². The molecular weight excluding hydrogens is 424 g/mol. The van der Waals surface area contributed by atoms with Gasteiger partial charge < -0.3 is 32.4 Å². The van der Waals surface area contributed by atoms with E-state index < -0.39 is 0 Å². The van der Waals surface area contributed by atoms with E-state index in [0.29, 0.717) is 22.9 Å². The summed E-state index contributed by atoms with van der Waals surface area (Å²) in [4.78, 5) is 0. The molecule has 0 saturated heterocycles. The van der Waals surface area contributed by atoms with Crippen molar-refractivity contribution >= 4 is 22.7 Å². The average molecular weight is 457 g/mol. The molecule has 0 aromatic heterocycles. The van der Waals surface area contributed by atoms with Crippen LogP contribution in [0.3, 0.4) is 0 Å². The van der Waals surface area contributed by atoms with Crippen LogP contribution in [0.1, 0.15) is 11.1 Å². The van der Waals surface area contributed by atoms with Crippen LogP contribution in [0.5, 0.6) is 11.5 Å². The molecule has 0 fully saturated rings. The molecule has 0 bridgehead atoms. The van der Waals surface area contributed by atoms with Gasteiger partial charge in [0, 0.05) is 11.4 Å². The summed E-state index contributed by atoms with van der Waals surface area (Å²) in [5.41, 5.74) is 32.6. The molecule has 0 heterocycles. The van der Waals surface area contributed by atoms with Crippen molar-refractivity contribution in [2.24, 2.45) is 0 Å². The van der Waals surface area contributed by atoms with E-state index >= 15 is 0 Å². The minimum absolute atomic E-state index is 0.615. The van der Waals surface area contributed by atoms with Gasteiger partial charge in [-0.25, -0.2) is 0 Å². The van der Waals surface area contributed by atoms with Gasteiger partial charge in [-0.2, -0.15) is 0 Å². The summed E-state index contributed by atoms with van der Waals surface area (Å²) in [6.45, 7) is 4.02. The third-order valence-electron chi connectivity index (χ3n) is 5.68. The second kappa shape index (κ2) is 10.5. The Balaban J connectivity index is 0.000000192. The molecular formula is C28H32N4O2. The maximum Gasteiger partial charge on any atom is 0.142 e. The van der Waals surface area contributed by atoms with Gasteiger partial charge in [0.2, 0.25) is 0 Å². The van der Waals surface area contributed by atoms with Crippen molar-refractivity contribution < 1.29 is 9.47 Å². The van der Waals surface area contributed by atoms with Crippen LogP contribution < -0.4 is 32.4 Å². The molecule has 0 spiro atoms. The Kier molecular flexibility index (Phi) is 7.53. The van der Waals surface area contributed by atoms with Gasteiger partial charge in [0.05, 0.1) is 25.6 Å². The normalized spacial score (nSPS) is 10.2. The van der Waals surface area contributed by atoms with Crippen molar-refractivity contribution in [3.8, 4) is 33.8 Å². The number of hydrogen-bond donors (Lipinski definition) is 4. The third-order valence-corrected chi connectivity index (χ3v) is 5.68.